The van der Waals surface area contributed by atoms with Crippen molar-refractivity contribution in [2.45, 2.75) is 6.92 Å². The molecule has 2 aromatic rings. The smallest absolute Gasteiger partial charge is 0.269 e. The third-order valence-electron chi connectivity index (χ3n) is 3.63. The normalized spacial score (nSPS) is 16.3. The lowest BCUT2D eigenvalue weighted by Gasteiger charge is -2.15. The Morgan fingerprint density at radius 2 is 1.83 bits per heavy atom. The predicted octanol–water partition coefficient (Wildman–Crippen LogP) is 3.48. The van der Waals surface area contributed by atoms with Crippen LogP contribution in [-0.2, 0) is 9.59 Å². The molecule has 3 rings (SSSR count). The summed E-state index contributed by atoms with van der Waals surface area (Å²) < 4.78 is 5.71. The van der Waals surface area contributed by atoms with Gasteiger partial charge in [-0.1, -0.05) is 11.6 Å². The summed E-state index contributed by atoms with van der Waals surface area (Å²) in [5.74, 6) is -0.177. The van der Waals surface area contributed by atoms with E-state index in [-0.39, 0.29) is 11.1 Å². The van der Waals surface area contributed by atoms with Gasteiger partial charge in [0.05, 0.1) is 0 Å². The van der Waals surface area contributed by atoms with Crippen molar-refractivity contribution in [3.8, 4) is 17.4 Å². The summed E-state index contributed by atoms with van der Waals surface area (Å²) in [4.78, 5) is 23.6. The maximum absolute atomic E-state index is 12.0. The quantitative estimate of drug-likeness (QED) is 0.671. The highest BCUT2D eigenvalue weighted by Gasteiger charge is 2.27. The first-order valence-corrected chi connectivity index (χ1v) is 7.42. The molecule has 2 heterocycles. The molecular formula is C18H11ClN2O3. The second-order valence-electron chi connectivity index (χ2n) is 5.16. The number of imide groups is 1. The van der Waals surface area contributed by atoms with Crippen LogP contribution in [-0.4, -0.2) is 11.8 Å². The Kier molecular flexibility index (Phi) is 4.07. The van der Waals surface area contributed by atoms with Crippen LogP contribution in [0.25, 0.3) is 17.4 Å². The second kappa shape index (κ2) is 6.19. The van der Waals surface area contributed by atoms with Gasteiger partial charge in [-0.3, -0.25) is 14.9 Å². The maximum atomic E-state index is 12.0. The fourth-order valence-corrected chi connectivity index (χ4v) is 2.48. The SMILES string of the molecule is CC1=C(C#N)C(=O)NC(=O)C1=Cc1ccc(-c2ccc(Cl)cc2)o1. The van der Waals surface area contributed by atoms with Crippen LogP contribution in [0, 0.1) is 11.3 Å². The van der Waals surface area contributed by atoms with Crippen molar-refractivity contribution in [3.63, 3.8) is 0 Å². The molecule has 0 unspecified atom stereocenters. The molecule has 0 spiro atoms. The Morgan fingerprint density at radius 3 is 2.50 bits per heavy atom. The van der Waals surface area contributed by atoms with Crippen LogP contribution >= 0.6 is 11.6 Å². The van der Waals surface area contributed by atoms with E-state index >= 15 is 0 Å². The van der Waals surface area contributed by atoms with Crippen LogP contribution in [0.4, 0.5) is 0 Å². The molecule has 0 saturated heterocycles. The minimum absolute atomic E-state index is 0.0784. The van der Waals surface area contributed by atoms with E-state index in [2.05, 4.69) is 5.32 Å². The molecule has 0 radical (unpaired) electrons. The zero-order valence-electron chi connectivity index (χ0n) is 12.6. The zero-order valence-corrected chi connectivity index (χ0v) is 13.3. The van der Waals surface area contributed by atoms with Crippen molar-refractivity contribution in [1.29, 1.82) is 5.26 Å². The number of nitriles is 1. The first kappa shape index (κ1) is 15.8. The average molecular weight is 339 g/mol. The van der Waals surface area contributed by atoms with Gasteiger partial charge < -0.3 is 4.42 Å². The van der Waals surface area contributed by atoms with Crippen LogP contribution in [0.2, 0.25) is 5.02 Å². The molecule has 0 aliphatic carbocycles. The lowest BCUT2D eigenvalue weighted by atomic mass is 9.96. The van der Waals surface area contributed by atoms with Gasteiger partial charge in [0.25, 0.3) is 11.8 Å². The van der Waals surface area contributed by atoms with Gasteiger partial charge in [-0.25, -0.2) is 0 Å². The summed E-state index contributed by atoms with van der Waals surface area (Å²) in [6.45, 7) is 1.56. The maximum Gasteiger partial charge on any atom is 0.269 e. The van der Waals surface area contributed by atoms with Crippen LogP contribution in [0.1, 0.15) is 12.7 Å². The number of carbonyl (C=O) groups excluding carboxylic acids is 2. The zero-order chi connectivity index (χ0) is 17.3. The summed E-state index contributed by atoms with van der Waals surface area (Å²) in [5.41, 5.74) is 1.32. The molecule has 0 bridgehead atoms. The lowest BCUT2D eigenvalue weighted by Crippen LogP contribution is -2.37. The highest BCUT2D eigenvalue weighted by molar-refractivity contribution is 6.30. The number of benzene rings is 1. The van der Waals surface area contributed by atoms with Gasteiger partial charge in [0.1, 0.15) is 23.2 Å². The van der Waals surface area contributed by atoms with Crippen molar-refractivity contribution < 1.29 is 14.0 Å². The van der Waals surface area contributed by atoms with Gasteiger partial charge in [-0.2, -0.15) is 5.26 Å². The number of amides is 2. The van der Waals surface area contributed by atoms with E-state index in [1.807, 2.05) is 18.2 Å². The fourth-order valence-electron chi connectivity index (χ4n) is 2.36. The number of carbonyl (C=O) groups is 2. The number of furan rings is 1. The van der Waals surface area contributed by atoms with Crippen molar-refractivity contribution in [3.05, 3.63) is 63.9 Å². The van der Waals surface area contributed by atoms with E-state index in [1.165, 1.54) is 6.08 Å². The predicted molar refractivity (Wildman–Crippen MR) is 88.6 cm³/mol. The highest BCUT2D eigenvalue weighted by Crippen LogP contribution is 2.27. The monoisotopic (exact) mass is 338 g/mol. The largest absolute Gasteiger partial charge is 0.457 e. The number of hydrogen-bond donors (Lipinski definition) is 1. The molecule has 118 valence electrons. The summed E-state index contributed by atoms with van der Waals surface area (Å²) in [7, 11) is 0. The third kappa shape index (κ3) is 2.87. The Labute approximate surface area is 142 Å². The van der Waals surface area contributed by atoms with Gasteiger partial charge in [0.15, 0.2) is 0 Å². The van der Waals surface area contributed by atoms with E-state index in [1.54, 1.807) is 31.2 Å². The summed E-state index contributed by atoms with van der Waals surface area (Å²) in [5, 5.41) is 11.8. The van der Waals surface area contributed by atoms with E-state index in [9.17, 15) is 9.59 Å². The third-order valence-corrected chi connectivity index (χ3v) is 3.88. The molecule has 2 amide bonds. The topological polar surface area (TPSA) is 83.1 Å². The molecule has 6 heteroatoms. The van der Waals surface area contributed by atoms with Crippen molar-refractivity contribution in [2.24, 2.45) is 0 Å². The molecular weight excluding hydrogens is 328 g/mol. The van der Waals surface area contributed by atoms with Crippen LogP contribution in [0.3, 0.4) is 0 Å². The number of rotatable bonds is 2. The number of nitrogens with one attached hydrogen (secondary N) is 1. The summed E-state index contributed by atoms with van der Waals surface area (Å²) >= 11 is 5.86. The molecule has 1 aromatic carbocycles. The highest BCUT2D eigenvalue weighted by atomic mass is 35.5. The summed E-state index contributed by atoms with van der Waals surface area (Å²) in [6, 6.07) is 12.4. The molecule has 0 fully saturated rings. The van der Waals surface area contributed by atoms with E-state index in [4.69, 9.17) is 21.3 Å². The van der Waals surface area contributed by atoms with E-state index in [0.29, 0.717) is 22.1 Å². The Morgan fingerprint density at radius 1 is 1.12 bits per heavy atom. The van der Waals surface area contributed by atoms with Gasteiger partial charge in [-0.15, -0.1) is 0 Å². The molecule has 24 heavy (non-hydrogen) atoms. The van der Waals surface area contributed by atoms with E-state index < -0.39 is 11.8 Å². The van der Waals surface area contributed by atoms with Crippen LogP contribution < -0.4 is 5.32 Å². The van der Waals surface area contributed by atoms with Crippen LogP contribution in [0.15, 0.2) is 57.5 Å². The molecule has 0 saturated carbocycles. The van der Waals surface area contributed by atoms with Crippen molar-refractivity contribution in [2.75, 3.05) is 0 Å². The number of hydrogen-bond acceptors (Lipinski definition) is 4. The molecule has 0 atom stereocenters. The molecule has 5 nitrogen and oxygen atoms in total. The van der Waals surface area contributed by atoms with Gasteiger partial charge >= 0.3 is 0 Å². The van der Waals surface area contributed by atoms with Crippen LogP contribution in [0.5, 0.6) is 0 Å². The van der Waals surface area contributed by atoms with Gasteiger partial charge in [0.2, 0.25) is 0 Å². The number of nitrogens with zero attached hydrogens (tertiary/aromatic N) is 1. The second-order valence-corrected chi connectivity index (χ2v) is 5.60. The first-order chi connectivity index (χ1) is 11.5. The molecule has 1 aliphatic rings. The average Bonchev–Trinajstić information content (AvgIpc) is 3.01. The lowest BCUT2D eigenvalue weighted by molar-refractivity contribution is -0.126. The molecule has 1 aliphatic heterocycles. The number of halogens is 1. The Hall–Kier alpha value is -3.10. The van der Waals surface area contributed by atoms with Crippen molar-refractivity contribution in [1.82, 2.24) is 5.32 Å². The van der Waals surface area contributed by atoms with Crippen molar-refractivity contribution >= 4 is 29.5 Å². The fraction of sp³-hybridized carbons (Fsp3) is 0.0556. The summed E-state index contributed by atoms with van der Waals surface area (Å²) in [6.07, 6.45) is 1.51. The van der Waals surface area contributed by atoms with Gasteiger partial charge in [-0.05, 0) is 55.0 Å². The van der Waals surface area contributed by atoms with Gasteiger partial charge in [0, 0.05) is 16.2 Å². The first-order valence-electron chi connectivity index (χ1n) is 7.04. The Bertz CT molecular complexity index is 943. The molecule has 1 N–H and O–H groups in total. The Balaban J connectivity index is 1.99. The minimum atomic E-state index is -0.682. The standard InChI is InChI=1S/C18H11ClN2O3/c1-10-14(17(22)21-18(23)15(10)9-20)8-13-6-7-16(24-13)11-2-4-12(19)5-3-11/h2-8H,1H3,(H,21,22,23). The molecule has 1 aromatic heterocycles. The van der Waals surface area contributed by atoms with E-state index in [0.717, 1.165) is 5.56 Å². The minimum Gasteiger partial charge on any atom is -0.457 e.